The Bertz CT molecular complexity index is 344. The van der Waals surface area contributed by atoms with Crippen LogP contribution in [-0.4, -0.2) is 36.5 Å². The van der Waals surface area contributed by atoms with Crippen molar-refractivity contribution in [1.29, 1.82) is 0 Å². The van der Waals surface area contributed by atoms with Crippen molar-refractivity contribution < 1.29 is 4.79 Å². The monoisotopic (exact) mass is 266 g/mol. The molecule has 3 heteroatoms. The van der Waals surface area contributed by atoms with Crippen LogP contribution >= 0.6 is 0 Å². The van der Waals surface area contributed by atoms with Crippen LogP contribution in [0.15, 0.2) is 0 Å². The van der Waals surface area contributed by atoms with E-state index in [0.717, 1.165) is 19.0 Å². The molecule has 19 heavy (non-hydrogen) atoms. The first kappa shape index (κ1) is 14.8. The maximum Gasteiger partial charge on any atom is 0.236 e. The second-order valence-corrected chi connectivity index (χ2v) is 7.30. The maximum atomic E-state index is 12.1. The molecule has 2 saturated carbocycles. The summed E-state index contributed by atoms with van der Waals surface area (Å²) in [6.45, 7) is 13.4. The lowest BCUT2D eigenvalue weighted by Crippen LogP contribution is -2.53. The fourth-order valence-corrected chi connectivity index (χ4v) is 4.69. The van der Waals surface area contributed by atoms with Crippen LogP contribution in [0.3, 0.4) is 0 Å². The zero-order valence-electron chi connectivity index (χ0n) is 13.3. The number of carbonyl (C=O) groups excluding carboxylic acids is 1. The quantitative estimate of drug-likeness (QED) is 0.829. The molecule has 0 saturated heterocycles. The molecule has 1 amide bonds. The Morgan fingerprint density at radius 2 is 1.89 bits per heavy atom. The number of nitrogens with zero attached hydrogens (tertiary/aromatic N) is 1. The molecule has 0 aliphatic heterocycles. The predicted molar refractivity (Wildman–Crippen MR) is 78.9 cm³/mol. The number of amides is 1. The lowest BCUT2D eigenvalue weighted by Gasteiger charge is -2.43. The number of fused-ring (bicyclic) bond motifs is 2. The Hall–Kier alpha value is -0.570. The van der Waals surface area contributed by atoms with Crippen LogP contribution in [-0.2, 0) is 4.79 Å². The smallest absolute Gasteiger partial charge is 0.236 e. The van der Waals surface area contributed by atoms with Gasteiger partial charge in [-0.3, -0.25) is 4.79 Å². The number of likely N-dealkylation sites (N-methyl/N-ethyl adjacent to an activating group) is 1. The highest BCUT2D eigenvalue weighted by Crippen LogP contribution is 2.62. The van der Waals surface area contributed by atoms with E-state index >= 15 is 0 Å². The molecule has 3 atom stereocenters. The minimum atomic E-state index is 0.243. The molecular formula is C16H30N2O. The number of nitrogens with one attached hydrogen (secondary N) is 1. The summed E-state index contributed by atoms with van der Waals surface area (Å²) in [5.74, 6) is 1.07. The van der Waals surface area contributed by atoms with Crippen molar-refractivity contribution in [2.75, 3.05) is 19.6 Å². The summed E-state index contributed by atoms with van der Waals surface area (Å²) < 4.78 is 0. The van der Waals surface area contributed by atoms with Crippen LogP contribution in [0.2, 0.25) is 0 Å². The lowest BCUT2D eigenvalue weighted by molar-refractivity contribution is -0.130. The SMILES string of the molecule is CCN(CC)C(=O)CNC1C2(C)CCC(C2)C1(C)C. The highest BCUT2D eigenvalue weighted by Gasteiger charge is 2.59. The van der Waals surface area contributed by atoms with Gasteiger partial charge in [-0.15, -0.1) is 0 Å². The topological polar surface area (TPSA) is 32.3 Å². The summed E-state index contributed by atoms with van der Waals surface area (Å²) in [4.78, 5) is 14.1. The number of hydrogen-bond acceptors (Lipinski definition) is 2. The van der Waals surface area contributed by atoms with E-state index in [1.54, 1.807) is 0 Å². The van der Waals surface area contributed by atoms with Gasteiger partial charge in [0.25, 0.3) is 0 Å². The molecule has 0 aromatic rings. The van der Waals surface area contributed by atoms with E-state index in [1.807, 2.05) is 18.7 Å². The molecule has 1 N–H and O–H groups in total. The molecule has 0 aromatic heterocycles. The third-order valence-corrected chi connectivity index (χ3v) is 5.84. The fourth-order valence-electron chi connectivity index (χ4n) is 4.69. The Morgan fingerprint density at radius 3 is 2.37 bits per heavy atom. The first-order valence-corrected chi connectivity index (χ1v) is 7.86. The van der Waals surface area contributed by atoms with Gasteiger partial charge in [-0.2, -0.15) is 0 Å². The second-order valence-electron chi connectivity index (χ2n) is 7.30. The minimum absolute atomic E-state index is 0.243. The van der Waals surface area contributed by atoms with E-state index in [9.17, 15) is 4.79 Å². The predicted octanol–water partition coefficient (Wildman–Crippen LogP) is 2.66. The van der Waals surface area contributed by atoms with Crippen LogP contribution in [0.4, 0.5) is 0 Å². The van der Waals surface area contributed by atoms with Crippen LogP contribution < -0.4 is 5.32 Å². The normalized spacial score (nSPS) is 35.6. The van der Waals surface area contributed by atoms with E-state index < -0.39 is 0 Å². The highest BCUT2D eigenvalue weighted by atomic mass is 16.2. The molecular weight excluding hydrogens is 236 g/mol. The molecule has 0 spiro atoms. The van der Waals surface area contributed by atoms with Gasteiger partial charge in [-0.05, 0) is 49.9 Å². The number of hydrogen-bond donors (Lipinski definition) is 1. The molecule has 2 fully saturated rings. The molecule has 2 aliphatic rings. The van der Waals surface area contributed by atoms with Crippen molar-refractivity contribution >= 4 is 5.91 Å². The van der Waals surface area contributed by atoms with E-state index in [0.29, 0.717) is 23.4 Å². The van der Waals surface area contributed by atoms with Gasteiger partial charge in [0.1, 0.15) is 0 Å². The maximum absolute atomic E-state index is 12.1. The lowest BCUT2D eigenvalue weighted by atomic mass is 9.68. The average Bonchev–Trinajstić information content (AvgIpc) is 2.81. The third kappa shape index (κ3) is 2.42. The van der Waals surface area contributed by atoms with Crippen molar-refractivity contribution in [3.8, 4) is 0 Å². The fraction of sp³-hybridized carbons (Fsp3) is 0.938. The molecule has 2 bridgehead atoms. The number of carbonyl (C=O) groups is 1. The van der Waals surface area contributed by atoms with Crippen molar-refractivity contribution in [2.45, 2.75) is 59.9 Å². The molecule has 0 radical (unpaired) electrons. The van der Waals surface area contributed by atoms with Crippen LogP contribution in [0.5, 0.6) is 0 Å². The van der Waals surface area contributed by atoms with Crippen molar-refractivity contribution in [2.24, 2.45) is 16.7 Å². The largest absolute Gasteiger partial charge is 0.342 e. The van der Waals surface area contributed by atoms with Crippen molar-refractivity contribution in [1.82, 2.24) is 10.2 Å². The van der Waals surface area contributed by atoms with Crippen LogP contribution in [0.25, 0.3) is 0 Å². The van der Waals surface area contributed by atoms with Crippen LogP contribution in [0, 0.1) is 16.7 Å². The highest BCUT2D eigenvalue weighted by molar-refractivity contribution is 5.78. The Morgan fingerprint density at radius 1 is 1.26 bits per heavy atom. The zero-order chi connectivity index (χ0) is 14.3. The summed E-state index contributed by atoms with van der Waals surface area (Å²) in [7, 11) is 0. The van der Waals surface area contributed by atoms with Crippen LogP contribution in [0.1, 0.15) is 53.9 Å². The van der Waals surface area contributed by atoms with Gasteiger partial charge in [0.05, 0.1) is 6.54 Å². The van der Waals surface area contributed by atoms with Gasteiger partial charge in [0, 0.05) is 19.1 Å². The minimum Gasteiger partial charge on any atom is -0.342 e. The summed E-state index contributed by atoms with van der Waals surface area (Å²) in [6, 6.07) is 0.485. The molecule has 3 nitrogen and oxygen atoms in total. The van der Waals surface area contributed by atoms with Gasteiger partial charge in [0.2, 0.25) is 5.91 Å². The van der Waals surface area contributed by atoms with Gasteiger partial charge < -0.3 is 10.2 Å². The van der Waals surface area contributed by atoms with Crippen molar-refractivity contribution in [3.63, 3.8) is 0 Å². The molecule has 110 valence electrons. The molecule has 0 aromatic carbocycles. The second kappa shape index (κ2) is 5.08. The van der Waals surface area contributed by atoms with Gasteiger partial charge in [-0.25, -0.2) is 0 Å². The third-order valence-electron chi connectivity index (χ3n) is 5.84. The summed E-state index contributed by atoms with van der Waals surface area (Å²) in [6.07, 6.45) is 4.01. The Kier molecular flexibility index (Phi) is 3.97. The molecule has 2 aliphatic carbocycles. The van der Waals surface area contributed by atoms with E-state index in [1.165, 1.54) is 19.3 Å². The Balaban J connectivity index is 1.98. The zero-order valence-corrected chi connectivity index (χ0v) is 13.3. The van der Waals surface area contributed by atoms with Gasteiger partial charge in [0.15, 0.2) is 0 Å². The first-order valence-electron chi connectivity index (χ1n) is 7.86. The van der Waals surface area contributed by atoms with E-state index in [2.05, 4.69) is 26.1 Å². The summed E-state index contributed by atoms with van der Waals surface area (Å²) in [5, 5.41) is 3.60. The van der Waals surface area contributed by atoms with Crippen molar-refractivity contribution in [3.05, 3.63) is 0 Å². The Labute approximate surface area is 118 Å². The summed E-state index contributed by atoms with van der Waals surface area (Å²) in [5.41, 5.74) is 0.730. The molecule has 0 heterocycles. The average molecular weight is 266 g/mol. The van der Waals surface area contributed by atoms with Gasteiger partial charge >= 0.3 is 0 Å². The number of rotatable bonds is 5. The van der Waals surface area contributed by atoms with E-state index in [-0.39, 0.29) is 5.91 Å². The molecule has 3 unspecified atom stereocenters. The van der Waals surface area contributed by atoms with E-state index in [4.69, 9.17) is 0 Å². The van der Waals surface area contributed by atoms with Gasteiger partial charge in [-0.1, -0.05) is 20.8 Å². The summed E-state index contributed by atoms with van der Waals surface area (Å²) >= 11 is 0. The standard InChI is InChI=1S/C16H30N2O/c1-6-18(7-2)13(19)11-17-14-15(3,4)12-8-9-16(14,5)10-12/h12,14,17H,6-11H2,1-5H3. The first-order chi connectivity index (χ1) is 8.85. The molecule has 2 rings (SSSR count).